The van der Waals surface area contributed by atoms with Crippen LogP contribution in [0.25, 0.3) is 34.5 Å². The zero-order valence-electron chi connectivity index (χ0n) is 17.8. The highest BCUT2D eigenvalue weighted by molar-refractivity contribution is 9.10. The largest absolute Gasteiger partial charge is 0.490 e. The van der Waals surface area contributed by atoms with E-state index >= 15 is 0 Å². The summed E-state index contributed by atoms with van der Waals surface area (Å²) in [6.07, 6.45) is 7.09. The molecule has 5 aromatic rings. The van der Waals surface area contributed by atoms with E-state index in [0.717, 1.165) is 27.1 Å². The number of furan rings is 1. The first-order valence-electron chi connectivity index (χ1n) is 10.4. The summed E-state index contributed by atoms with van der Waals surface area (Å²) in [5.41, 5.74) is 1.70. The maximum absolute atomic E-state index is 12.8. The number of rotatable bonds is 7. The summed E-state index contributed by atoms with van der Waals surface area (Å²) in [4.78, 5) is 17.8. The molecule has 0 N–H and O–H groups in total. The Bertz CT molecular complexity index is 1610. The first-order valence-corrected chi connectivity index (χ1v) is 12.0. The van der Waals surface area contributed by atoms with E-state index in [1.54, 1.807) is 18.2 Å². The number of halogens is 1. The number of ether oxygens (including phenoxy) is 1. The van der Waals surface area contributed by atoms with Crippen molar-refractivity contribution in [2.45, 2.75) is 0 Å². The minimum atomic E-state index is -0.226. The third-order valence-electron chi connectivity index (χ3n) is 4.88. The second-order valence-electron chi connectivity index (χ2n) is 7.29. The lowest BCUT2D eigenvalue weighted by Crippen LogP contribution is -2.23. The highest BCUT2D eigenvalue weighted by Gasteiger charge is 2.10. The maximum atomic E-state index is 12.8. The molecule has 0 atom stereocenters. The Labute approximate surface area is 207 Å². The van der Waals surface area contributed by atoms with E-state index in [4.69, 9.17) is 9.15 Å². The van der Waals surface area contributed by atoms with Crippen molar-refractivity contribution in [2.75, 3.05) is 6.61 Å². The number of aromatic nitrogens is 3. The van der Waals surface area contributed by atoms with Crippen LogP contribution in [0.15, 0.2) is 87.0 Å². The molecule has 0 amide bonds. The molecule has 0 saturated carbocycles. The van der Waals surface area contributed by atoms with Gasteiger partial charge in [0.25, 0.3) is 5.56 Å². The number of thiazole rings is 1. The first kappa shape index (κ1) is 22.1. The Morgan fingerprint density at radius 2 is 1.97 bits per heavy atom. The van der Waals surface area contributed by atoms with Gasteiger partial charge in [0.1, 0.15) is 28.4 Å². The normalized spacial score (nSPS) is 12.1. The fourth-order valence-electron chi connectivity index (χ4n) is 3.28. The predicted molar refractivity (Wildman–Crippen MR) is 139 cm³/mol. The van der Waals surface area contributed by atoms with Crippen molar-refractivity contribution in [3.8, 4) is 17.1 Å². The molecule has 6 nitrogen and oxygen atoms in total. The predicted octanol–water partition coefficient (Wildman–Crippen LogP) is 5.46. The molecule has 3 aromatic heterocycles. The number of hydrogen-bond donors (Lipinski definition) is 0. The van der Waals surface area contributed by atoms with Crippen molar-refractivity contribution in [1.29, 1.82) is 0 Å². The van der Waals surface area contributed by atoms with Gasteiger partial charge in [-0.05, 0) is 48.0 Å². The van der Waals surface area contributed by atoms with Crippen LogP contribution >= 0.6 is 27.3 Å². The van der Waals surface area contributed by atoms with Gasteiger partial charge in [-0.15, -0.1) is 5.10 Å². The zero-order valence-corrected chi connectivity index (χ0v) is 20.3. The molecule has 0 unspecified atom stereocenters. The number of benzene rings is 2. The average molecular weight is 532 g/mol. The van der Waals surface area contributed by atoms with E-state index in [-0.39, 0.29) is 5.56 Å². The number of hydrogen-bond acceptors (Lipinski definition) is 6. The Morgan fingerprint density at radius 1 is 1.12 bits per heavy atom. The molecule has 8 heteroatoms. The van der Waals surface area contributed by atoms with Gasteiger partial charge in [-0.25, -0.2) is 0 Å². The molecule has 0 bridgehead atoms. The summed E-state index contributed by atoms with van der Waals surface area (Å²) >= 11 is 4.74. The molecule has 3 heterocycles. The van der Waals surface area contributed by atoms with Crippen molar-refractivity contribution in [1.82, 2.24) is 14.6 Å². The number of fused-ring (bicyclic) bond motifs is 1. The van der Waals surface area contributed by atoms with Gasteiger partial charge < -0.3 is 9.15 Å². The van der Waals surface area contributed by atoms with Crippen LogP contribution in [0.4, 0.5) is 0 Å². The van der Waals surface area contributed by atoms with E-state index in [0.29, 0.717) is 27.7 Å². The minimum absolute atomic E-state index is 0.226. The summed E-state index contributed by atoms with van der Waals surface area (Å²) in [6, 6.07) is 19.2. The molecule has 2 aromatic carbocycles. The molecule has 0 aliphatic heterocycles. The van der Waals surface area contributed by atoms with Gasteiger partial charge in [-0.1, -0.05) is 70.3 Å². The van der Waals surface area contributed by atoms with Crippen LogP contribution in [-0.4, -0.2) is 21.2 Å². The van der Waals surface area contributed by atoms with Crippen molar-refractivity contribution < 1.29 is 9.15 Å². The Kier molecular flexibility index (Phi) is 6.24. The first-order chi connectivity index (χ1) is 16.6. The van der Waals surface area contributed by atoms with E-state index in [1.165, 1.54) is 15.9 Å². The van der Waals surface area contributed by atoms with Crippen LogP contribution in [0.2, 0.25) is 0 Å². The molecule has 0 radical (unpaired) electrons. The summed E-state index contributed by atoms with van der Waals surface area (Å²) < 4.78 is 14.2. The van der Waals surface area contributed by atoms with Crippen LogP contribution in [0.1, 0.15) is 17.1 Å². The van der Waals surface area contributed by atoms with Crippen molar-refractivity contribution >= 4 is 50.5 Å². The third kappa shape index (κ3) is 4.78. The molecule has 0 saturated heterocycles. The lowest BCUT2D eigenvalue weighted by molar-refractivity contribution is 0.363. The Morgan fingerprint density at radius 3 is 2.74 bits per heavy atom. The molecule has 0 aliphatic rings. The van der Waals surface area contributed by atoms with Crippen LogP contribution < -0.4 is 14.8 Å². The fourth-order valence-corrected chi connectivity index (χ4v) is 4.57. The lowest BCUT2D eigenvalue weighted by atomic mass is 10.2. The zero-order chi connectivity index (χ0) is 23.5. The Balaban J connectivity index is 1.36. The molecule has 0 fully saturated rings. The van der Waals surface area contributed by atoms with Gasteiger partial charge in [0, 0.05) is 16.1 Å². The minimum Gasteiger partial charge on any atom is -0.490 e. The Hall–Kier alpha value is -3.75. The van der Waals surface area contributed by atoms with Gasteiger partial charge >= 0.3 is 0 Å². The van der Waals surface area contributed by atoms with E-state index in [9.17, 15) is 4.79 Å². The van der Waals surface area contributed by atoms with Gasteiger partial charge in [-0.2, -0.15) is 9.50 Å². The van der Waals surface area contributed by atoms with E-state index in [1.807, 2.05) is 66.7 Å². The van der Waals surface area contributed by atoms with E-state index < -0.39 is 0 Å². The smallest absolute Gasteiger partial charge is 0.291 e. The summed E-state index contributed by atoms with van der Waals surface area (Å²) in [7, 11) is 0. The van der Waals surface area contributed by atoms with Crippen LogP contribution in [0, 0.1) is 0 Å². The maximum Gasteiger partial charge on any atom is 0.291 e. The second kappa shape index (κ2) is 9.62. The van der Waals surface area contributed by atoms with Gasteiger partial charge in [0.2, 0.25) is 4.96 Å². The van der Waals surface area contributed by atoms with Crippen molar-refractivity contribution in [3.63, 3.8) is 0 Å². The van der Waals surface area contributed by atoms with Crippen LogP contribution in [0.5, 0.6) is 5.75 Å². The topological polar surface area (TPSA) is 69.6 Å². The van der Waals surface area contributed by atoms with Crippen molar-refractivity contribution in [2.24, 2.45) is 0 Å². The molecule has 168 valence electrons. The molecule has 34 heavy (non-hydrogen) atoms. The van der Waals surface area contributed by atoms with Crippen LogP contribution in [-0.2, 0) is 0 Å². The van der Waals surface area contributed by atoms with Gasteiger partial charge in [0.05, 0.1) is 0 Å². The molecule has 0 spiro atoms. The molecular weight excluding hydrogens is 514 g/mol. The SMILES string of the molecule is C=CCOc1ccc(/C=C/c2nc3s/c(=C\c4ccc(-c5cccc(Br)c5)o4)c(=O)n3n2)cc1. The summed E-state index contributed by atoms with van der Waals surface area (Å²) in [5.74, 6) is 2.57. The van der Waals surface area contributed by atoms with Gasteiger partial charge in [-0.3, -0.25) is 4.79 Å². The van der Waals surface area contributed by atoms with Gasteiger partial charge in [0.15, 0.2) is 5.82 Å². The molecular formula is C26H18BrN3O3S. The van der Waals surface area contributed by atoms with E-state index in [2.05, 4.69) is 32.6 Å². The third-order valence-corrected chi connectivity index (χ3v) is 6.33. The second-order valence-corrected chi connectivity index (χ2v) is 9.22. The quantitative estimate of drug-likeness (QED) is 0.261. The molecule has 0 aliphatic carbocycles. The summed E-state index contributed by atoms with van der Waals surface area (Å²) in [5, 5.41) is 4.34. The summed E-state index contributed by atoms with van der Waals surface area (Å²) in [6.45, 7) is 4.10. The lowest BCUT2D eigenvalue weighted by Gasteiger charge is -2.02. The monoisotopic (exact) mass is 531 g/mol. The fraction of sp³-hybridized carbons (Fsp3) is 0.0385. The number of nitrogens with zero attached hydrogens (tertiary/aromatic N) is 3. The highest BCUT2D eigenvalue weighted by Crippen LogP contribution is 2.25. The average Bonchev–Trinajstić information content (AvgIpc) is 3.54. The van der Waals surface area contributed by atoms with Crippen LogP contribution in [0.3, 0.4) is 0 Å². The van der Waals surface area contributed by atoms with Crippen molar-refractivity contribution in [3.05, 3.63) is 110 Å². The highest BCUT2D eigenvalue weighted by atomic mass is 79.9. The standard InChI is InChI=1S/C26H18BrN3O3S/c1-2-14-32-20-9-6-17(7-10-20)8-13-24-28-26-30(29-24)25(31)23(34-26)16-21-11-12-22(33-21)18-4-3-5-19(27)15-18/h2-13,15-16H,1,14H2/b13-8+,23-16-. The molecule has 5 rings (SSSR count).